The number of benzene rings is 1. The molecule has 0 spiro atoms. The summed E-state index contributed by atoms with van der Waals surface area (Å²) in [5.74, 6) is -2.94. The first-order valence-electron chi connectivity index (χ1n) is 17.5. The topological polar surface area (TPSA) is 174 Å². The number of carbonyl (C=O) groups is 5. The summed E-state index contributed by atoms with van der Waals surface area (Å²) in [5.41, 5.74) is 3.92. The number of nitrogens with one attached hydrogen (secondary N) is 3. The van der Waals surface area contributed by atoms with Crippen LogP contribution in [0.5, 0.6) is 0 Å². The van der Waals surface area contributed by atoms with E-state index >= 15 is 0 Å². The Hall–Kier alpha value is -4.24. The van der Waals surface area contributed by atoms with Gasteiger partial charge in [-0.1, -0.05) is 79.0 Å². The highest BCUT2D eigenvalue weighted by atomic mass is 35.6. The predicted molar refractivity (Wildman–Crippen MR) is 205 cm³/mol. The molecule has 1 aliphatic heterocycles. The van der Waals surface area contributed by atoms with Gasteiger partial charge in [-0.15, -0.1) is 0 Å². The van der Waals surface area contributed by atoms with Crippen LogP contribution in [0.3, 0.4) is 0 Å². The molecule has 3 heterocycles. The molecule has 0 bridgehead atoms. The maximum atomic E-state index is 13.9. The lowest BCUT2D eigenvalue weighted by atomic mass is 9.89. The quantitative estimate of drug-likeness (QED) is 0.151. The van der Waals surface area contributed by atoms with Gasteiger partial charge in [-0.2, -0.15) is 5.10 Å². The average molecular weight is 807 g/mol. The van der Waals surface area contributed by atoms with E-state index in [1.807, 2.05) is 30.3 Å². The molecule has 3 N–H and O–H groups in total. The second-order valence-electron chi connectivity index (χ2n) is 14.0. The number of hydrogen-bond acceptors (Lipinski definition) is 10. The van der Waals surface area contributed by atoms with E-state index in [1.54, 1.807) is 65.2 Å². The molecule has 3 unspecified atom stereocenters. The van der Waals surface area contributed by atoms with Gasteiger partial charge in [0, 0.05) is 31.2 Å². The minimum Gasteiger partial charge on any atom is -0.460 e. The van der Waals surface area contributed by atoms with Crippen LogP contribution < -0.4 is 16.1 Å². The van der Waals surface area contributed by atoms with Crippen LogP contribution >= 0.6 is 34.8 Å². The number of alkyl halides is 3. The van der Waals surface area contributed by atoms with Crippen molar-refractivity contribution in [2.45, 2.75) is 89.0 Å². The molecule has 1 aliphatic rings. The van der Waals surface area contributed by atoms with Crippen LogP contribution in [0, 0.1) is 11.3 Å². The van der Waals surface area contributed by atoms with Crippen LogP contribution in [-0.4, -0.2) is 84.5 Å². The Morgan fingerprint density at radius 1 is 1.07 bits per heavy atom. The summed E-state index contributed by atoms with van der Waals surface area (Å²) in [4.78, 5) is 70.2. The Balaban J connectivity index is 1.46. The van der Waals surface area contributed by atoms with E-state index in [0.717, 1.165) is 10.9 Å². The van der Waals surface area contributed by atoms with Crippen molar-refractivity contribution < 1.29 is 33.4 Å². The van der Waals surface area contributed by atoms with Crippen LogP contribution in [0.1, 0.15) is 71.7 Å². The highest BCUT2D eigenvalue weighted by molar-refractivity contribution is 6.67. The van der Waals surface area contributed by atoms with E-state index in [1.165, 1.54) is 16.6 Å². The van der Waals surface area contributed by atoms with Crippen LogP contribution in [0.25, 0.3) is 17.0 Å². The third-order valence-corrected chi connectivity index (χ3v) is 9.00. The molecule has 1 fully saturated rings. The second kappa shape index (κ2) is 18.4. The molecule has 17 heteroatoms. The molecule has 4 atom stereocenters. The van der Waals surface area contributed by atoms with Gasteiger partial charge < -0.3 is 20.1 Å². The molecule has 292 valence electrons. The monoisotopic (exact) mass is 805 g/mol. The third kappa shape index (κ3) is 12.1. The smallest absolute Gasteiger partial charge is 0.325 e. The van der Waals surface area contributed by atoms with E-state index in [0.29, 0.717) is 24.1 Å². The minimum atomic E-state index is -1.79. The lowest BCUT2D eigenvalue weighted by molar-refractivity contribution is -0.153. The van der Waals surface area contributed by atoms with Crippen molar-refractivity contribution in [3.8, 4) is 0 Å². The average Bonchev–Trinajstić information content (AvgIpc) is 3.63. The number of hydrazine groups is 1. The summed E-state index contributed by atoms with van der Waals surface area (Å²) in [6.07, 6.45) is 7.07. The summed E-state index contributed by atoms with van der Waals surface area (Å²) in [6, 6.07) is 8.08. The van der Waals surface area contributed by atoms with Crippen LogP contribution in [0.15, 0.2) is 54.9 Å². The molecule has 0 saturated carbocycles. The van der Waals surface area contributed by atoms with Crippen LogP contribution in [0.4, 0.5) is 0 Å². The van der Waals surface area contributed by atoms with Crippen molar-refractivity contribution >= 4 is 81.4 Å². The Bertz CT molecular complexity index is 1850. The zero-order valence-corrected chi connectivity index (χ0v) is 33.2. The molecule has 1 aromatic carbocycles. The summed E-state index contributed by atoms with van der Waals surface area (Å²) in [7, 11) is 0. The van der Waals surface area contributed by atoms with Gasteiger partial charge >= 0.3 is 11.9 Å². The number of aromatic nitrogens is 3. The van der Waals surface area contributed by atoms with Crippen molar-refractivity contribution in [1.29, 1.82) is 0 Å². The molecule has 3 aromatic rings. The molecule has 0 radical (unpaired) electrons. The number of nitrogens with zero attached hydrogens (tertiary/aromatic N) is 4. The Morgan fingerprint density at radius 2 is 1.80 bits per heavy atom. The van der Waals surface area contributed by atoms with Gasteiger partial charge in [0.25, 0.3) is 5.91 Å². The number of carbonyl (C=O) groups excluding carboxylic acids is 5. The summed E-state index contributed by atoms with van der Waals surface area (Å²) in [6.45, 7) is 9.91. The fraction of sp³-hybridized carbons (Fsp3) is 0.486. The zero-order valence-electron chi connectivity index (χ0n) is 31.0. The molecular formula is C37H46Cl3N7O7. The lowest BCUT2D eigenvalue weighted by Crippen LogP contribution is -2.62. The Labute approximate surface area is 329 Å². The first kappa shape index (κ1) is 42.5. The number of amides is 3. The van der Waals surface area contributed by atoms with Crippen molar-refractivity contribution in [3.05, 3.63) is 66.1 Å². The van der Waals surface area contributed by atoms with Gasteiger partial charge in [-0.05, 0) is 63.3 Å². The van der Waals surface area contributed by atoms with Gasteiger partial charge in [0.15, 0.2) is 0 Å². The lowest BCUT2D eigenvalue weighted by Gasteiger charge is -2.35. The maximum absolute atomic E-state index is 13.9. The van der Waals surface area contributed by atoms with Crippen molar-refractivity contribution in [2.24, 2.45) is 11.3 Å². The number of fused-ring (bicyclic) bond motifs is 1. The highest BCUT2D eigenvalue weighted by Gasteiger charge is 2.37. The molecule has 3 amide bonds. The normalized spacial score (nSPS) is 16.9. The minimum absolute atomic E-state index is 0.0180. The van der Waals surface area contributed by atoms with Crippen molar-refractivity contribution in [3.63, 3.8) is 0 Å². The molecular weight excluding hydrogens is 761 g/mol. The predicted octanol–water partition coefficient (Wildman–Crippen LogP) is 4.83. The first-order valence-corrected chi connectivity index (χ1v) is 18.6. The first-order chi connectivity index (χ1) is 25.3. The SMILES string of the molecule is CC(=O)O[C@H](C)c1ccc2ccc(C=CC(C)(C)C(=O)NC(C(=O)NC(Cn3cccn3)C(=O)N3CCCC(C(=O)OCC(Cl)(Cl)Cl)N3)C(C)C)cc2n1. The van der Waals surface area contributed by atoms with Crippen LogP contribution in [0.2, 0.25) is 0 Å². The molecule has 1 saturated heterocycles. The molecule has 0 aliphatic carbocycles. The summed E-state index contributed by atoms with van der Waals surface area (Å²) < 4.78 is 10.1. The number of rotatable bonds is 14. The Morgan fingerprint density at radius 3 is 2.44 bits per heavy atom. The van der Waals surface area contributed by atoms with Gasteiger partial charge in [0.1, 0.15) is 30.8 Å². The van der Waals surface area contributed by atoms with E-state index in [2.05, 4.69) is 26.1 Å². The third-order valence-electron chi connectivity index (χ3n) is 8.67. The van der Waals surface area contributed by atoms with Gasteiger partial charge in [-0.3, -0.25) is 33.7 Å². The molecule has 14 nitrogen and oxygen atoms in total. The molecule has 2 aromatic heterocycles. The number of pyridine rings is 1. The fourth-order valence-electron chi connectivity index (χ4n) is 5.63. The number of ether oxygens (including phenoxy) is 2. The van der Waals surface area contributed by atoms with E-state index in [9.17, 15) is 24.0 Å². The van der Waals surface area contributed by atoms with Gasteiger partial charge in [0.2, 0.25) is 15.6 Å². The number of halogens is 3. The zero-order chi connectivity index (χ0) is 39.8. The van der Waals surface area contributed by atoms with Gasteiger partial charge in [0.05, 0.1) is 23.2 Å². The maximum Gasteiger partial charge on any atom is 0.325 e. The number of esters is 2. The summed E-state index contributed by atoms with van der Waals surface area (Å²) in [5, 5.41) is 12.0. The largest absolute Gasteiger partial charge is 0.460 e. The van der Waals surface area contributed by atoms with Crippen molar-refractivity contribution in [1.82, 2.24) is 35.8 Å². The van der Waals surface area contributed by atoms with E-state index < -0.39 is 69.7 Å². The standard InChI is InChI=1S/C37H46Cl3N7O7/c1-22(2)31(44-35(52)36(5,6)15-14-25-10-11-26-12-13-27(42-29(26)19-25)23(3)54-24(4)48)32(49)43-30(20-46-17-8-16-41-46)33(50)47-18-7-9-28(45-47)34(51)53-21-37(38,39)40/h8,10-17,19,22-23,28,30-31,45H,7,9,18,20-21H2,1-6H3,(H,43,49)(H,44,52)/t23-,28?,30?,31?/m1/s1. The fourth-order valence-corrected chi connectivity index (χ4v) is 5.79. The number of hydrogen-bond donors (Lipinski definition) is 3. The van der Waals surface area contributed by atoms with Gasteiger partial charge in [-0.25, -0.2) is 10.4 Å². The van der Waals surface area contributed by atoms with E-state index in [-0.39, 0.29) is 19.0 Å². The van der Waals surface area contributed by atoms with Crippen LogP contribution in [-0.2, 0) is 40.0 Å². The Kier molecular flexibility index (Phi) is 14.5. The summed E-state index contributed by atoms with van der Waals surface area (Å²) >= 11 is 17.1. The van der Waals surface area contributed by atoms with E-state index in [4.69, 9.17) is 44.3 Å². The highest BCUT2D eigenvalue weighted by Crippen LogP contribution is 2.27. The molecule has 4 rings (SSSR count). The van der Waals surface area contributed by atoms with Crippen molar-refractivity contribution in [2.75, 3.05) is 13.2 Å². The molecule has 54 heavy (non-hydrogen) atoms. The second-order valence-corrected chi connectivity index (χ2v) is 16.5.